The van der Waals surface area contributed by atoms with Gasteiger partial charge in [-0.25, -0.2) is 4.79 Å². The highest BCUT2D eigenvalue weighted by Crippen LogP contribution is 2.22. The molecule has 0 saturated carbocycles. The number of hydrogen-bond acceptors (Lipinski definition) is 8. The highest BCUT2D eigenvalue weighted by atomic mass is 16.7. The van der Waals surface area contributed by atoms with Crippen LogP contribution in [-0.4, -0.2) is 69.6 Å². The Balaban J connectivity index is 4.14. The molecule has 0 bridgehead atoms. The molecule has 0 radical (unpaired) electrons. The minimum atomic E-state index is -0.534. The fourth-order valence-corrected chi connectivity index (χ4v) is 7.44. The number of carbonyl (C=O) groups is 3. The minimum absolute atomic E-state index is 0.00548. The fourth-order valence-electron chi connectivity index (χ4n) is 7.44. The second-order valence-electron chi connectivity index (χ2n) is 17.0. The van der Waals surface area contributed by atoms with Crippen molar-refractivity contribution in [2.45, 2.75) is 239 Å². The lowest BCUT2D eigenvalue weighted by atomic mass is 9.93. The van der Waals surface area contributed by atoms with Gasteiger partial charge in [0, 0.05) is 19.4 Å². The Kier molecular flexibility index (Phi) is 40.0. The average molecular weight is 796 g/mol. The molecule has 0 N–H and O–H groups in total. The van der Waals surface area contributed by atoms with E-state index >= 15 is 0 Å². The maximum Gasteiger partial charge on any atom is 0.508 e. The van der Waals surface area contributed by atoms with Crippen LogP contribution in [-0.2, 0) is 28.5 Å². The summed E-state index contributed by atoms with van der Waals surface area (Å²) in [6.45, 7) is 11.0. The standard InChI is InChI=1S/C48H93NO7/c1-7-11-31-43(32-12-8-2)41-46(50)53-38-29-25-21-17-15-19-23-27-35-45(56-48(52)55-40-37-49(5)6)36-28-24-20-16-18-22-26-30-39-54-47(51)42-44(33-13-9-3)34-14-10-4/h43-45H,7-42H2,1-6H3. The van der Waals surface area contributed by atoms with Crippen molar-refractivity contribution in [2.24, 2.45) is 11.8 Å². The SMILES string of the molecule is CCCCC(CCCC)CC(=O)OCCCCCCCCCCC(CCCCCCCCCCOC(=O)CC(CCCC)CCCC)OC(=O)OCCN(C)C. The van der Waals surface area contributed by atoms with Gasteiger partial charge < -0.3 is 23.8 Å². The predicted molar refractivity (Wildman–Crippen MR) is 234 cm³/mol. The van der Waals surface area contributed by atoms with E-state index in [-0.39, 0.29) is 18.0 Å². The van der Waals surface area contributed by atoms with Gasteiger partial charge in [-0.05, 0) is 90.1 Å². The number of rotatable bonds is 42. The van der Waals surface area contributed by atoms with Crippen molar-refractivity contribution in [3.05, 3.63) is 0 Å². The first-order chi connectivity index (χ1) is 27.2. The number of likely N-dealkylation sites (N-methyl/N-ethyl adjacent to an activating group) is 1. The van der Waals surface area contributed by atoms with Gasteiger partial charge in [0.1, 0.15) is 12.7 Å². The summed E-state index contributed by atoms with van der Waals surface area (Å²) in [6, 6.07) is 0. The lowest BCUT2D eigenvalue weighted by Crippen LogP contribution is -2.23. The van der Waals surface area contributed by atoms with Crippen LogP contribution in [0.25, 0.3) is 0 Å². The van der Waals surface area contributed by atoms with Crippen molar-refractivity contribution in [3.63, 3.8) is 0 Å². The smallest absolute Gasteiger partial charge is 0.466 e. The van der Waals surface area contributed by atoms with E-state index in [9.17, 15) is 14.4 Å². The number of hydrogen-bond donors (Lipinski definition) is 0. The van der Waals surface area contributed by atoms with E-state index in [2.05, 4.69) is 27.7 Å². The molecule has 0 fully saturated rings. The van der Waals surface area contributed by atoms with Gasteiger partial charge in [0.2, 0.25) is 0 Å². The van der Waals surface area contributed by atoms with Crippen molar-refractivity contribution in [1.29, 1.82) is 0 Å². The van der Waals surface area contributed by atoms with Gasteiger partial charge in [-0.3, -0.25) is 9.59 Å². The van der Waals surface area contributed by atoms with E-state index in [1.807, 2.05) is 19.0 Å². The molecule has 0 aromatic heterocycles. The normalized spacial score (nSPS) is 11.6. The molecule has 0 aromatic rings. The maximum atomic E-state index is 12.4. The molecule has 332 valence electrons. The van der Waals surface area contributed by atoms with E-state index < -0.39 is 6.16 Å². The summed E-state index contributed by atoms with van der Waals surface area (Å²) in [6.07, 6.45) is 34.7. The van der Waals surface area contributed by atoms with Crippen LogP contribution in [0.2, 0.25) is 0 Å². The first-order valence-corrected chi connectivity index (χ1v) is 24.0. The van der Waals surface area contributed by atoms with Crippen LogP contribution in [0.3, 0.4) is 0 Å². The quantitative estimate of drug-likeness (QED) is 0.0343. The second kappa shape index (κ2) is 41.3. The highest BCUT2D eigenvalue weighted by molar-refractivity contribution is 5.70. The van der Waals surface area contributed by atoms with Crippen molar-refractivity contribution >= 4 is 18.1 Å². The van der Waals surface area contributed by atoms with Gasteiger partial charge in [-0.2, -0.15) is 0 Å². The topological polar surface area (TPSA) is 91.4 Å². The molecule has 0 aliphatic rings. The van der Waals surface area contributed by atoms with E-state index in [1.165, 1.54) is 103 Å². The Bertz CT molecular complexity index is 810. The molecule has 0 atom stereocenters. The molecule has 0 aliphatic heterocycles. The zero-order valence-corrected chi connectivity index (χ0v) is 38.0. The third-order valence-electron chi connectivity index (χ3n) is 11.2. The minimum Gasteiger partial charge on any atom is -0.466 e. The van der Waals surface area contributed by atoms with E-state index in [0.29, 0.717) is 51.0 Å². The molecule has 0 aliphatic carbocycles. The third kappa shape index (κ3) is 37.7. The van der Waals surface area contributed by atoms with E-state index in [0.717, 1.165) is 89.9 Å². The summed E-state index contributed by atoms with van der Waals surface area (Å²) in [5.74, 6) is 0.966. The van der Waals surface area contributed by atoms with Crippen molar-refractivity contribution in [2.75, 3.05) is 40.5 Å². The summed E-state index contributed by atoms with van der Waals surface area (Å²) in [5, 5.41) is 0. The lowest BCUT2D eigenvalue weighted by Gasteiger charge is -2.18. The van der Waals surface area contributed by atoms with Crippen LogP contribution in [0.4, 0.5) is 4.79 Å². The van der Waals surface area contributed by atoms with E-state index in [1.54, 1.807) is 0 Å². The number of ether oxygens (including phenoxy) is 4. The average Bonchev–Trinajstić information content (AvgIpc) is 3.17. The molecule has 0 amide bonds. The summed E-state index contributed by atoms with van der Waals surface area (Å²) in [4.78, 5) is 39.1. The molecule has 0 spiro atoms. The molecule has 0 heterocycles. The number of carbonyl (C=O) groups excluding carboxylic acids is 3. The van der Waals surface area contributed by atoms with Crippen LogP contribution in [0, 0.1) is 11.8 Å². The molecule has 0 rings (SSSR count). The van der Waals surface area contributed by atoms with Gasteiger partial charge in [0.15, 0.2) is 0 Å². The largest absolute Gasteiger partial charge is 0.508 e. The Morgan fingerprint density at radius 1 is 0.411 bits per heavy atom. The van der Waals surface area contributed by atoms with Crippen LogP contribution in [0.15, 0.2) is 0 Å². The lowest BCUT2D eigenvalue weighted by molar-refractivity contribution is -0.146. The maximum absolute atomic E-state index is 12.4. The summed E-state index contributed by atoms with van der Waals surface area (Å²) in [7, 11) is 3.93. The molecule has 8 nitrogen and oxygen atoms in total. The number of esters is 2. The Morgan fingerprint density at radius 3 is 1.09 bits per heavy atom. The number of nitrogens with zero attached hydrogens (tertiary/aromatic N) is 1. The zero-order chi connectivity index (χ0) is 41.3. The molecule has 56 heavy (non-hydrogen) atoms. The monoisotopic (exact) mass is 796 g/mol. The van der Waals surface area contributed by atoms with Crippen LogP contribution in [0.5, 0.6) is 0 Å². The molecule has 0 saturated heterocycles. The highest BCUT2D eigenvalue weighted by Gasteiger charge is 2.17. The zero-order valence-electron chi connectivity index (χ0n) is 38.0. The van der Waals surface area contributed by atoms with E-state index in [4.69, 9.17) is 18.9 Å². The Hall–Kier alpha value is -1.83. The van der Waals surface area contributed by atoms with Crippen LogP contribution < -0.4 is 0 Å². The predicted octanol–water partition coefficient (Wildman–Crippen LogP) is 14.0. The first-order valence-electron chi connectivity index (χ1n) is 24.0. The fraction of sp³-hybridized carbons (Fsp3) is 0.938. The van der Waals surface area contributed by atoms with Gasteiger partial charge in [0.25, 0.3) is 0 Å². The second-order valence-corrected chi connectivity index (χ2v) is 17.0. The van der Waals surface area contributed by atoms with Gasteiger partial charge in [-0.15, -0.1) is 0 Å². The number of unbranched alkanes of at least 4 members (excludes halogenated alkanes) is 18. The Labute approximate surface area is 347 Å². The van der Waals surface area contributed by atoms with Crippen molar-refractivity contribution in [1.82, 2.24) is 4.90 Å². The Morgan fingerprint density at radius 2 is 0.750 bits per heavy atom. The van der Waals surface area contributed by atoms with Gasteiger partial charge >= 0.3 is 18.1 Å². The molecular formula is C48H93NO7. The van der Waals surface area contributed by atoms with Gasteiger partial charge in [0.05, 0.1) is 13.2 Å². The third-order valence-corrected chi connectivity index (χ3v) is 11.2. The van der Waals surface area contributed by atoms with Gasteiger partial charge in [-0.1, -0.05) is 156 Å². The molecule has 0 aromatic carbocycles. The molecular weight excluding hydrogens is 703 g/mol. The van der Waals surface area contributed by atoms with Crippen molar-refractivity contribution < 1.29 is 33.3 Å². The molecule has 0 unspecified atom stereocenters. The van der Waals surface area contributed by atoms with Crippen LogP contribution in [0.1, 0.15) is 233 Å². The van der Waals surface area contributed by atoms with Crippen molar-refractivity contribution in [3.8, 4) is 0 Å². The summed E-state index contributed by atoms with van der Waals surface area (Å²) >= 11 is 0. The van der Waals surface area contributed by atoms with Crippen LogP contribution >= 0.6 is 0 Å². The summed E-state index contributed by atoms with van der Waals surface area (Å²) < 4.78 is 22.3. The summed E-state index contributed by atoms with van der Waals surface area (Å²) in [5.41, 5.74) is 0. The first kappa shape index (κ1) is 54.2. The molecule has 8 heteroatoms.